The molecule has 1 atom stereocenters. The Balaban J connectivity index is 3.64. The largest absolute Gasteiger partial charge is 0.344 e. The number of rotatable bonds is 5. The van der Waals surface area contributed by atoms with Gasteiger partial charge in [0.2, 0.25) is 5.91 Å². The summed E-state index contributed by atoms with van der Waals surface area (Å²) in [7, 11) is 1.77. The normalized spacial score (nSPS) is 12.2. The van der Waals surface area contributed by atoms with Gasteiger partial charge >= 0.3 is 0 Å². The second-order valence-electron chi connectivity index (χ2n) is 2.81. The Hall–Kier alpha value is -0.500. The molecule has 0 saturated heterocycles. The third-order valence-corrected chi connectivity index (χ3v) is 1.80. The molecule has 12 heavy (non-hydrogen) atoms. The van der Waals surface area contributed by atoms with Crippen LogP contribution in [0.25, 0.3) is 0 Å². The first-order chi connectivity index (χ1) is 5.59. The zero-order chi connectivity index (χ0) is 9.56. The van der Waals surface area contributed by atoms with Crippen LogP contribution < -0.4 is 0 Å². The minimum Gasteiger partial charge on any atom is -0.344 e. The maximum absolute atomic E-state index is 11.2. The van der Waals surface area contributed by atoms with Crippen LogP contribution in [-0.4, -0.2) is 29.8 Å². The van der Waals surface area contributed by atoms with E-state index < -0.39 is 5.38 Å². The van der Waals surface area contributed by atoms with Gasteiger partial charge < -0.3 is 4.90 Å². The third-order valence-electron chi connectivity index (χ3n) is 1.62. The second-order valence-corrected chi connectivity index (χ2v) is 3.46. The molecule has 1 amide bonds. The summed E-state index contributed by atoms with van der Waals surface area (Å²) in [6.45, 7) is 6.05. The van der Waals surface area contributed by atoms with Crippen LogP contribution >= 0.6 is 11.6 Å². The molecule has 0 bridgehead atoms. The van der Waals surface area contributed by atoms with Crippen molar-refractivity contribution < 1.29 is 4.79 Å². The van der Waals surface area contributed by atoms with Crippen LogP contribution in [0.1, 0.15) is 19.8 Å². The van der Waals surface area contributed by atoms with Crippen molar-refractivity contribution in [3.63, 3.8) is 0 Å². The van der Waals surface area contributed by atoms with Gasteiger partial charge in [-0.25, -0.2) is 0 Å². The fourth-order valence-corrected chi connectivity index (χ4v) is 1.05. The number of unbranched alkanes of at least 4 members (excludes halogenated alkanes) is 1. The van der Waals surface area contributed by atoms with E-state index in [1.54, 1.807) is 18.9 Å². The van der Waals surface area contributed by atoms with E-state index in [2.05, 4.69) is 6.58 Å². The molecule has 0 aromatic carbocycles. The number of hydrogen-bond donors (Lipinski definition) is 0. The lowest BCUT2D eigenvalue weighted by atomic mass is 10.3. The summed E-state index contributed by atoms with van der Waals surface area (Å²) in [4.78, 5) is 12.9. The van der Waals surface area contributed by atoms with E-state index in [1.165, 1.54) is 0 Å². The number of halogens is 1. The van der Waals surface area contributed by atoms with Crippen molar-refractivity contribution in [2.75, 3.05) is 13.6 Å². The van der Waals surface area contributed by atoms with E-state index in [9.17, 15) is 4.79 Å². The smallest absolute Gasteiger partial charge is 0.240 e. The molecule has 0 radical (unpaired) electrons. The van der Waals surface area contributed by atoms with Gasteiger partial charge in [0.15, 0.2) is 0 Å². The monoisotopic (exact) mass is 189 g/mol. The summed E-state index contributed by atoms with van der Waals surface area (Å²) in [5.41, 5.74) is 0. The fourth-order valence-electron chi connectivity index (χ4n) is 0.887. The van der Waals surface area contributed by atoms with Crippen LogP contribution in [-0.2, 0) is 4.79 Å². The molecule has 0 spiro atoms. The Morgan fingerprint density at radius 2 is 2.33 bits per heavy atom. The van der Waals surface area contributed by atoms with Gasteiger partial charge in [0, 0.05) is 13.6 Å². The topological polar surface area (TPSA) is 20.3 Å². The van der Waals surface area contributed by atoms with Crippen molar-refractivity contribution in [1.29, 1.82) is 0 Å². The molecule has 0 N–H and O–H groups in total. The van der Waals surface area contributed by atoms with E-state index >= 15 is 0 Å². The molecule has 0 aliphatic carbocycles. The molecule has 2 nitrogen and oxygen atoms in total. The Kier molecular flexibility index (Phi) is 5.81. The average Bonchev–Trinajstić information content (AvgIpc) is 2.03. The highest BCUT2D eigenvalue weighted by molar-refractivity contribution is 6.30. The molecule has 0 aromatic rings. The van der Waals surface area contributed by atoms with E-state index in [0.29, 0.717) is 0 Å². The van der Waals surface area contributed by atoms with Crippen LogP contribution in [0.5, 0.6) is 0 Å². The van der Waals surface area contributed by atoms with Gasteiger partial charge in [-0.15, -0.1) is 18.2 Å². The van der Waals surface area contributed by atoms with Crippen molar-refractivity contribution >= 4 is 17.5 Å². The van der Waals surface area contributed by atoms with Gasteiger partial charge in [0.05, 0.1) is 0 Å². The van der Waals surface area contributed by atoms with Crippen LogP contribution in [0, 0.1) is 0 Å². The Morgan fingerprint density at radius 3 is 2.75 bits per heavy atom. The molecule has 0 aromatic heterocycles. The van der Waals surface area contributed by atoms with Crippen molar-refractivity contribution in [2.24, 2.45) is 0 Å². The van der Waals surface area contributed by atoms with Gasteiger partial charge in [0.25, 0.3) is 0 Å². The van der Waals surface area contributed by atoms with Gasteiger partial charge in [-0.3, -0.25) is 4.79 Å². The highest BCUT2D eigenvalue weighted by Gasteiger charge is 2.13. The van der Waals surface area contributed by atoms with E-state index in [1.807, 2.05) is 6.08 Å². The third kappa shape index (κ3) is 4.39. The Morgan fingerprint density at radius 1 is 1.75 bits per heavy atom. The van der Waals surface area contributed by atoms with Gasteiger partial charge in [-0.1, -0.05) is 6.08 Å². The van der Waals surface area contributed by atoms with Crippen LogP contribution in [0.4, 0.5) is 0 Å². The maximum Gasteiger partial charge on any atom is 0.240 e. The minimum absolute atomic E-state index is 0.0132. The zero-order valence-corrected chi connectivity index (χ0v) is 8.47. The van der Waals surface area contributed by atoms with Crippen molar-refractivity contribution in [3.05, 3.63) is 12.7 Å². The molecule has 0 aliphatic rings. The fraction of sp³-hybridized carbons (Fsp3) is 0.667. The number of hydrogen-bond acceptors (Lipinski definition) is 1. The lowest BCUT2D eigenvalue weighted by Crippen LogP contribution is -2.32. The lowest BCUT2D eigenvalue weighted by molar-refractivity contribution is -0.129. The molecule has 1 unspecified atom stereocenters. The predicted octanol–water partition coefficient (Wildman–Crippen LogP) is 2.04. The molecule has 0 saturated carbocycles. The number of alkyl halides is 1. The summed E-state index contributed by atoms with van der Waals surface area (Å²) >= 11 is 5.62. The average molecular weight is 190 g/mol. The summed E-state index contributed by atoms with van der Waals surface area (Å²) in [5.74, 6) is -0.0132. The predicted molar refractivity (Wildman–Crippen MR) is 52.4 cm³/mol. The van der Waals surface area contributed by atoms with E-state index in [-0.39, 0.29) is 5.91 Å². The standard InChI is InChI=1S/C9H16ClNO/c1-4-5-6-7-11(3)9(12)8(2)10/h4,8H,1,5-7H2,2-3H3. The van der Waals surface area contributed by atoms with Crippen molar-refractivity contribution in [3.8, 4) is 0 Å². The van der Waals surface area contributed by atoms with Crippen molar-refractivity contribution in [1.82, 2.24) is 4.90 Å². The quantitative estimate of drug-likeness (QED) is 0.368. The Labute approximate surface area is 79.2 Å². The van der Waals surface area contributed by atoms with E-state index in [0.717, 1.165) is 19.4 Å². The van der Waals surface area contributed by atoms with Crippen LogP contribution in [0.15, 0.2) is 12.7 Å². The molecule has 0 aliphatic heterocycles. The van der Waals surface area contributed by atoms with Gasteiger partial charge in [-0.05, 0) is 19.8 Å². The number of carbonyl (C=O) groups excluding carboxylic acids is 1. The molecular weight excluding hydrogens is 174 g/mol. The zero-order valence-electron chi connectivity index (χ0n) is 7.72. The highest BCUT2D eigenvalue weighted by atomic mass is 35.5. The molecule has 3 heteroatoms. The molecule has 0 rings (SSSR count). The number of amides is 1. The summed E-state index contributed by atoms with van der Waals surface area (Å²) in [5, 5.41) is -0.418. The summed E-state index contributed by atoms with van der Waals surface area (Å²) < 4.78 is 0. The van der Waals surface area contributed by atoms with Gasteiger partial charge in [-0.2, -0.15) is 0 Å². The number of allylic oxidation sites excluding steroid dienone is 1. The van der Waals surface area contributed by atoms with Gasteiger partial charge in [0.1, 0.15) is 5.38 Å². The van der Waals surface area contributed by atoms with Crippen LogP contribution in [0.3, 0.4) is 0 Å². The number of nitrogens with zero attached hydrogens (tertiary/aromatic N) is 1. The minimum atomic E-state index is -0.418. The summed E-state index contributed by atoms with van der Waals surface area (Å²) in [6.07, 6.45) is 3.74. The molecular formula is C9H16ClNO. The SMILES string of the molecule is C=CCCCN(C)C(=O)C(C)Cl. The lowest BCUT2D eigenvalue weighted by Gasteiger charge is -2.17. The first-order valence-electron chi connectivity index (χ1n) is 4.09. The van der Waals surface area contributed by atoms with Crippen molar-refractivity contribution in [2.45, 2.75) is 25.1 Å². The van der Waals surface area contributed by atoms with Crippen LogP contribution in [0.2, 0.25) is 0 Å². The first kappa shape index (κ1) is 11.5. The summed E-state index contributed by atoms with van der Waals surface area (Å²) in [6, 6.07) is 0. The molecule has 0 heterocycles. The van der Waals surface area contributed by atoms with E-state index in [4.69, 9.17) is 11.6 Å². The number of carbonyl (C=O) groups is 1. The molecule has 0 fully saturated rings. The second kappa shape index (κ2) is 6.06. The highest BCUT2D eigenvalue weighted by Crippen LogP contribution is 2.01. The Bertz CT molecular complexity index is 157. The maximum atomic E-state index is 11.2. The molecule has 70 valence electrons. The first-order valence-corrected chi connectivity index (χ1v) is 4.53.